The molecule has 1 aromatic heterocycles. The predicted octanol–water partition coefficient (Wildman–Crippen LogP) is 1.84. The Morgan fingerprint density at radius 2 is 2.00 bits per heavy atom. The molecule has 4 N–H and O–H groups in total. The van der Waals surface area contributed by atoms with Gasteiger partial charge in [0.15, 0.2) is 0 Å². The van der Waals surface area contributed by atoms with Gasteiger partial charge in [-0.15, -0.1) is 0 Å². The van der Waals surface area contributed by atoms with E-state index >= 15 is 0 Å². The van der Waals surface area contributed by atoms with Crippen molar-refractivity contribution in [2.24, 2.45) is 23.6 Å². The molecule has 0 atom stereocenters. The topological polar surface area (TPSA) is 80.0 Å². The van der Waals surface area contributed by atoms with Crippen LogP contribution in [0.2, 0.25) is 0 Å². The van der Waals surface area contributed by atoms with Gasteiger partial charge >= 0.3 is 0 Å². The maximum absolute atomic E-state index is 12.2. The van der Waals surface area contributed by atoms with Gasteiger partial charge in [0.25, 0.3) is 5.91 Å². The Balaban J connectivity index is 1.62. The van der Waals surface area contributed by atoms with E-state index in [1.165, 1.54) is 25.7 Å². The van der Waals surface area contributed by atoms with Crippen LogP contribution < -0.4 is 16.6 Å². The van der Waals surface area contributed by atoms with E-state index in [2.05, 4.69) is 15.7 Å². The number of nitrogens with one attached hydrogen (secondary N) is 2. The van der Waals surface area contributed by atoms with Crippen molar-refractivity contribution in [1.82, 2.24) is 10.3 Å². The monoisotopic (exact) mass is 274 g/mol. The van der Waals surface area contributed by atoms with Crippen LogP contribution in [0.25, 0.3) is 0 Å². The van der Waals surface area contributed by atoms with Gasteiger partial charge in [-0.1, -0.05) is 0 Å². The molecule has 2 aliphatic carbocycles. The Morgan fingerprint density at radius 3 is 2.55 bits per heavy atom. The minimum atomic E-state index is -0.0294. The summed E-state index contributed by atoms with van der Waals surface area (Å²) in [6.45, 7) is 2.66. The summed E-state index contributed by atoms with van der Waals surface area (Å²) < 4.78 is 0. The summed E-state index contributed by atoms with van der Waals surface area (Å²) in [5.74, 6) is 8.25. The first-order chi connectivity index (χ1) is 9.67. The third kappa shape index (κ3) is 3.10. The lowest BCUT2D eigenvalue weighted by atomic mass is 9.98. The van der Waals surface area contributed by atoms with Crippen LogP contribution in [0, 0.1) is 24.7 Å². The highest BCUT2D eigenvalue weighted by molar-refractivity contribution is 5.95. The van der Waals surface area contributed by atoms with Crippen molar-refractivity contribution in [2.75, 3.05) is 12.0 Å². The van der Waals surface area contributed by atoms with Crippen LogP contribution in [0.3, 0.4) is 0 Å². The molecule has 5 heteroatoms. The lowest BCUT2D eigenvalue weighted by molar-refractivity contribution is 0.0943. The number of carbonyl (C=O) groups excluding carboxylic acids is 1. The Hall–Kier alpha value is -1.62. The molecule has 0 aliphatic heterocycles. The van der Waals surface area contributed by atoms with E-state index in [9.17, 15) is 4.79 Å². The number of nitrogens with two attached hydrogens (primary N) is 1. The second-order valence-corrected chi connectivity index (χ2v) is 6.08. The summed E-state index contributed by atoms with van der Waals surface area (Å²) in [4.78, 5) is 16.4. The first kappa shape index (κ1) is 13.4. The highest BCUT2D eigenvalue weighted by atomic mass is 16.1. The molecule has 2 saturated carbocycles. The smallest absolute Gasteiger partial charge is 0.251 e. The fourth-order valence-corrected chi connectivity index (χ4v) is 2.95. The average molecular weight is 274 g/mol. The molecule has 2 aliphatic rings. The van der Waals surface area contributed by atoms with E-state index in [-0.39, 0.29) is 5.91 Å². The van der Waals surface area contributed by atoms with Crippen molar-refractivity contribution >= 4 is 11.7 Å². The molecule has 20 heavy (non-hydrogen) atoms. The number of hydrogen-bond acceptors (Lipinski definition) is 4. The number of rotatable bonds is 6. The van der Waals surface area contributed by atoms with Gasteiger partial charge in [0.2, 0.25) is 0 Å². The molecule has 1 heterocycles. The molecule has 108 valence electrons. The number of aromatic nitrogens is 1. The third-order valence-corrected chi connectivity index (χ3v) is 4.32. The van der Waals surface area contributed by atoms with Crippen molar-refractivity contribution < 1.29 is 4.79 Å². The van der Waals surface area contributed by atoms with Crippen molar-refractivity contribution in [3.05, 3.63) is 23.4 Å². The number of amides is 1. The summed E-state index contributed by atoms with van der Waals surface area (Å²) >= 11 is 0. The Morgan fingerprint density at radius 1 is 1.35 bits per heavy atom. The van der Waals surface area contributed by atoms with Gasteiger partial charge in [-0.3, -0.25) is 4.79 Å². The first-order valence-corrected chi connectivity index (χ1v) is 7.41. The number of hydrazine groups is 1. The van der Waals surface area contributed by atoms with Gasteiger partial charge in [0.05, 0.1) is 0 Å². The molecule has 0 bridgehead atoms. The quantitative estimate of drug-likeness (QED) is 0.546. The van der Waals surface area contributed by atoms with Crippen LogP contribution in [0.1, 0.15) is 41.7 Å². The average Bonchev–Trinajstić information content (AvgIpc) is 3.30. The van der Waals surface area contributed by atoms with Crippen LogP contribution in [0.5, 0.6) is 0 Å². The SMILES string of the molecule is Cc1cc(C(=O)NCC(C2CC2)C2CC2)cc(NN)n1. The molecule has 0 spiro atoms. The molecule has 5 nitrogen and oxygen atoms in total. The van der Waals surface area contributed by atoms with Crippen LogP contribution in [0.15, 0.2) is 12.1 Å². The molecule has 2 fully saturated rings. The first-order valence-electron chi connectivity index (χ1n) is 7.41. The fourth-order valence-electron chi connectivity index (χ4n) is 2.95. The Kier molecular flexibility index (Phi) is 3.61. The zero-order valence-electron chi connectivity index (χ0n) is 11.9. The van der Waals surface area contributed by atoms with E-state index in [4.69, 9.17) is 5.84 Å². The van der Waals surface area contributed by atoms with Crippen LogP contribution in [-0.4, -0.2) is 17.4 Å². The third-order valence-electron chi connectivity index (χ3n) is 4.32. The minimum absolute atomic E-state index is 0.0294. The van der Waals surface area contributed by atoms with Crippen molar-refractivity contribution in [2.45, 2.75) is 32.6 Å². The van der Waals surface area contributed by atoms with E-state index in [1.807, 2.05) is 6.92 Å². The summed E-state index contributed by atoms with van der Waals surface area (Å²) in [5.41, 5.74) is 3.90. The van der Waals surface area contributed by atoms with Crippen molar-refractivity contribution in [3.8, 4) is 0 Å². The molecular formula is C15H22N4O. The number of nitrogen functional groups attached to an aromatic ring is 1. The molecule has 0 aromatic carbocycles. The van der Waals surface area contributed by atoms with Crippen LogP contribution in [-0.2, 0) is 0 Å². The zero-order valence-corrected chi connectivity index (χ0v) is 11.9. The lowest BCUT2D eigenvalue weighted by Crippen LogP contribution is -2.31. The van der Waals surface area contributed by atoms with Gasteiger partial charge in [-0.2, -0.15) is 0 Å². The van der Waals surface area contributed by atoms with E-state index in [0.717, 1.165) is 24.1 Å². The van der Waals surface area contributed by atoms with E-state index in [0.29, 0.717) is 17.3 Å². The second kappa shape index (κ2) is 5.40. The summed E-state index contributed by atoms with van der Waals surface area (Å²) in [6.07, 6.45) is 5.36. The van der Waals surface area contributed by atoms with Gasteiger partial charge in [0, 0.05) is 17.8 Å². The maximum atomic E-state index is 12.2. The Bertz CT molecular complexity index is 497. The maximum Gasteiger partial charge on any atom is 0.251 e. The second-order valence-electron chi connectivity index (χ2n) is 6.08. The van der Waals surface area contributed by atoms with E-state index < -0.39 is 0 Å². The van der Waals surface area contributed by atoms with E-state index in [1.54, 1.807) is 12.1 Å². The number of pyridine rings is 1. The summed E-state index contributed by atoms with van der Waals surface area (Å²) in [5, 5.41) is 3.08. The molecule has 3 rings (SSSR count). The predicted molar refractivity (Wildman–Crippen MR) is 78.1 cm³/mol. The standard InChI is InChI=1S/C15H22N4O/c1-9-6-12(7-14(18-9)19-16)15(20)17-8-13(10-2-3-10)11-4-5-11/h6-7,10-11,13H,2-5,8,16H2,1H3,(H,17,20)(H,18,19). The van der Waals surface area contributed by atoms with Crippen LogP contribution >= 0.6 is 0 Å². The lowest BCUT2D eigenvalue weighted by Gasteiger charge is -2.16. The number of anilines is 1. The van der Waals surface area contributed by atoms with Gasteiger partial charge in [-0.25, -0.2) is 10.8 Å². The minimum Gasteiger partial charge on any atom is -0.352 e. The van der Waals surface area contributed by atoms with Crippen molar-refractivity contribution in [3.63, 3.8) is 0 Å². The van der Waals surface area contributed by atoms with Gasteiger partial charge in [0.1, 0.15) is 5.82 Å². The summed E-state index contributed by atoms with van der Waals surface area (Å²) in [7, 11) is 0. The summed E-state index contributed by atoms with van der Waals surface area (Å²) in [6, 6.07) is 3.48. The Labute approximate surface area is 119 Å². The number of carbonyl (C=O) groups is 1. The molecule has 0 unspecified atom stereocenters. The highest BCUT2D eigenvalue weighted by Gasteiger charge is 2.41. The number of nitrogens with zero attached hydrogens (tertiary/aromatic N) is 1. The number of aryl methyl sites for hydroxylation is 1. The fraction of sp³-hybridized carbons (Fsp3) is 0.600. The normalized spacial score (nSPS) is 18.1. The highest BCUT2D eigenvalue weighted by Crippen LogP contribution is 2.48. The van der Waals surface area contributed by atoms with Crippen LogP contribution in [0.4, 0.5) is 5.82 Å². The molecular weight excluding hydrogens is 252 g/mol. The number of hydrogen-bond donors (Lipinski definition) is 3. The largest absolute Gasteiger partial charge is 0.352 e. The van der Waals surface area contributed by atoms with Crippen molar-refractivity contribution in [1.29, 1.82) is 0 Å². The van der Waals surface area contributed by atoms with Gasteiger partial charge < -0.3 is 10.7 Å². The molecule has 1 aromatic rings. The molecule has 1 amide bonds. The molecule has 0 radical (unpaired) electrons. The zero-order chi connectivity index (χ0) is 14.1. The molecule has 0 saturated heterocycles. The van der Waals surface area contributed by atoms with Gasteiger partial charge in [-0.05, 0) is 62.5 Å².